The highest BCUT2D eigenvalue weighted by Crippen LogP contribution is 2.16. The predicted molar refractivity (Wildman–Crippen MR) is 158 cm³/mol. The molecule has 38 heavy (non-hydrogen) atoms. The Hall–Kier alpha value is -0.0400. The summed E-state index contributed by atoms with van der Waals surface area (Å²) in [6.07, 6.45) is 20.9. The zero-order valence-electron chi connectivity index (χ0n) is 24.6. The average Bonchev–Trinajstić information content (AvgIpc) is 3.34. The molecule has 0 aliphatic carbocycles. The minimum atomic E-state index is -3.33. The number of rotatable bonds is 26. The molecule has 1 heterocycles. The largest absolute Gasteiger partial charge is 1.00 e. The molecule has 7 nitrogen and oxygen atoms in total. The summed E-state index contributed by atoms with van der Waals surface area (Å²) in [6, 6.07) is 1.65. The molecule has 0 amide bonds. The molecule has 0 aromatic carbocycles. The standard InChI is InChI=1S/C28H56N3O4S2.HI/c1-5-6-7-8-9-10-11-12-13-14-15-16-17-18-23-36-26-27(35-28-20-22-34-30-28)25-29-37(32,33)24-19-21-31(2,3)4;/h20,22,27,29H,5-19,21,23-26H2,1-4H3;1H/q+1;/p-1. The molecule has 1 rings (SSSR count). The average molecular weight is 690 g/mol. The Labute approximate surface area is 255 Å². The second-order valence-corrected chi connectivity index (χ2v) is 14.4. The van der Waals surface area contributed by atoms with E-state index in [1.165, 1.54) is 96.2 Å². The fourth-order valence-corrected chi connectivity index (χ4v) is 6.32. The van der Waals surface area contributed by atoms with Crippen LogP contribution in [-0.4, -0.2) is 75.7 Å². The molecule has 1 atom stereocenters. The molecule has 0 fully saturated rings. The number of hydrogen-bond donors (Lipinski definition) is 1. The monoisotopic (exact) mass is 689 g/mol. The normalized spacial score (nSPS) is 12.8. The van der Waals surface area contributed by atoms with Crippen LogP contribution in [0.1, 0.15) is 103 Å². The third kappa shape index (κ3) is 23.8. The molecule has 0 radical (unpaired) electrons. The Kier molecular flexibility index (Phi) is 23.6. The van der Waals surface area contributed by atoms with Gasteiger partial charge in [0.15, 0.2) is 0 Å². The summed E-state index contributed by atoms with van der Waals surface area (Å²) >= 11 is 1.82. The van der Waals surface area contributed by atoms with Crippen LogP contribution in [0.5, 0.6) is 5.88 Å². The van der Waals surface area contributed by atoms with E-state index < -0.39 is 10.0 Å². The van der Waals surface area contributed by atoms with E-state index in [4.69, 9.17) is 9.26 Å². The van der Waals surface area contributed by atoms with Gasteiger partial charge in [0, 0.05) is 24.8 Å². The van der Waals surface area contributed by atoms with Gasteiger partial charge in [0.1, 0.15) is 12.4 Å². The van der Waals surface area contributed by atoms with Gasteiger partial charge >= 0.3 is 0 Å². The molecular formula is C28H56IN3O4S2. The van der Waals surface area contributed by atoms with Gasteiger partial charge in [-0.2, -0.15) is 11.8 Å². The Morgan fingerprint density at radius 1 is 0.921 bits per heavy atom. The van der Waals surface area contributed by atoms with Gasteiger partial charge in [0.2, 0.25) is 10.0 Å². The summed E-state index contributed by atoms with van der Waals surface area (Å²) in [5.74, 6) is 2.30. The fourth-order valence-electron chi connectivity index (χ4n) is 4.20. The van der Waals surface area contributed by atoms with Crippen LogP contribution in [0.25, 0.3) is 0 Å². The van der Waals surface area contributed by atoms with Gasteiger partial charge in [0.05, 0.1) is 33.4 Å². The highest BCUT2D eigenvalue weighted by Gasteiger charge is 2.18. The molecule has 10 heteroatoms. The number of nitrogens with zero attached hydrogens (tertiary/aromatic N) is 2. The summed E-state index contributed by atoms with van der Waals surface area (Å²) < 4.78 is 39.1. The van der Waals surface area contributed by atoms with Crippen molar-refractivity contribution in [1.82, 2.24) is 9.88 Å². The van der Waals surface area contributed by atoms with Crippen LogP contribution < -0.4 is 33.4 Å². The van der Waals surface area contributed by atoms with Crippen molar-refractivity contribution in [2.45, 2.75) is 109 Å². The highest BCUT2D eigenvalue weighted by molar-refractivity contribution is 7.99. The fraction of sp³-hybridized carbons (Fsp3) is 0.893. The van der Waals surface area contributed by atoms with Gasteiger partial charge in [-0.3, -0.25) is 0 Å². The molecule has 1 N–H and O–H groups in total. The highest BCUT2D eigenvalue weighted by atomic mass is 127. The number of halogens is 1. The van der Waals surface area contributed by atoms with E-state index in [0.29, 0.717) is 18.1 Å². The predicted octanol–water partition coefficient (Wildman–Crippen LogP) is 3.66. The second kappa shape index (κ2) is 23.6. The summed E-state index contributed by atoms with van der Waals surface area (Å²) in [5, 5.41) is 3.82. The van der Waals surface area contributed by atoms with Crippen molar-refractivity contribution in [3.05, 3.63) is 12.3 Å². The first-order valence-electron chi connectivity index (χ1n) is 14.6. The lowest BCUT2D eigenvalue weighted by atomic mass is 10.0. The number of ether oxygens (including phenoxy) is 1. The van der Waals surface area contributed by atoms with Crippen molar-refractivity contribution in [1.29, 1.82) is 0 Å². The van der Waals surface area contributed by atoms with Gasteiger partial charge < -0.3 is 37.7 Å². The van der Waals surface area contributed by atoms with Crippen LogP contribution in [0.15, 0.2) is 16.9 Å². The maximum atomic E-state index is 12.4. The van der Waals surface area contributed by atoms with Crippen LogP contribution in [0.2, 0.25) is 0 Å². The van der Waals surface area contributed by atoms with Crippen LogP contribution >= 0.6 is 11.8 Å². The van der Waals surface area contributed by atoms with E-state index in [1.807, 2.05) is 11.8 Å². The number of hydrogen-bond acceptors (Lipinski definition) is 6. The maximum Gasteiger partial charge on any atom is 0.254 e. The van der Waals surface area contributed by atoms with E-state index >= 15 is 0 Å². The molecule has 0 aliphatic rings. The van der Waals surface area contributed by atoms with Crippen molar-refractivity contribution < 1.29 is 46.1 Å². The lowest BCUT2D eigenvalue weighted by Gasteiger charge is -2.23. The first-order valence-corrected chi connectivity index (χ1v) is 17.4. The maximum absolute atomic E-state index is 12.4. The molecule has 0 saturated carbocycles. The van der Waals surface area contributed by atoms with Crippen LogP contribution in [0.4, 0.5) is 0 Å². The Morgan fingerprint density at radius 3 is 1.97 bits per heavy atom. The number of thioether (sulfide) groups is 1. The smallest absolute Gasteiger partial charge is 0.254 e. The molecule has 1 aromatic rings. The van der Waals surface area contributed by atoms with Crippen LogP contribution in [0, 0.1) is 0 Å². The van der Waals surface area contributed by atoms with E-state index in [1.54, 1.807) is 6.07 Å². The van der Waals surface area contributed by atoms with Crippen molar-refractivity contribution in [3.63, 3.8) is 0 Å². The van der Waals surface area contributed by atoms with Crippen molar-refractivity contribution in [3.8, 4) is 5.88 Å². The van der Waals surface area contributed by atoms with Crippen molar-refractivity contribution in [2.24, 2.45) is 0 Å². The summed E-state index contributed by atoms with van der Waals surface area (Å²) in [5.41, 5.74) is 0. The lowest BCUT2D eigenvalue weighted by Crippen LogP contribution is -3.00. The second-order valence-electron chi connectivity index (χ2n) is 11.3. The zero-order chi connectivity index (χ0) is 27.2. The molecular weight excluding hydrogens is 633 g/mol. The Balaban J connectivity index is 0.0000137. The minimum absolute atomic E-state index is 0. The van der Waals surface area contributed by atoms with E-state index in [9.17, 15) is 8.42 Å². The van der Waals surface area contributed by atoms with Crippen LogP contribution in [0.3, 0.4) is 0 Å². The molecule has 0 saturated heterocycles. The van der Waals surface area contributed by atoms with Gasteiger partial charge in [-0.1, -0.05) is 90.4 Å². The zero-order valence-corrected chi connectivity index (χ0v) is 28.4. The lowest BCUT2D eigenvalue weighted by molar-refractivity contribution is -0.870. The molecule has 0 bridgehead atoms. The number of quaternary nitrogens is 1. The van der Waals surface area contributed by atoms with Gasteiger partial charge in [-0.25, -0.2) is 13.1 Å². The number of sulfonamides is 1. The van der Waals surface area contributed by atoms with Crippen molar-refractivity contribution in [2.75, 3.05) is 51.5 Å². The Bertz CT molecular complexity index is 744. The van der Waals surface area contributed by atoms with E-state index in [2.05, 4.69) is 37.9 Å². The molecule has 226 valence electrons. The van der Waals surface area contributed by atoms with Gasteiger partial charge in [-0.15, -0.1) is 0 Å². The minimum Gasteiger partial charge on any atom is -1.00 e. The molecule has 0 aliphatic heterocycles. The van der Waals surface area contributed by atoms with E-state index in [0.717, 1.165) is 16.8 Å². The van der Waals surface area contributed by atoms with Crippen LogP contribution in [-0.2, 0) is 10.0 Å². The first-order chi connectivity index (χ1) is 17.7. The summed E-state index contributed by atoms with van der Waals surface area (Å²) in [7, 11) is 2.87. The number of aromatic nitrogens is 1. The van der Waals surface area contributed by atoms with E-state index in [-0.39, 0.29) is 42.4 Å². The first kappa shape index (κ1) is 38.0. The van der Waals surface area contributed by atoms with Crippen molar-refractivity contribution >= 4 is 21.8 Å². The molecule has 1 unspecified atom stereocenters. The summed E-state index contributed by atoms with van der Waals surface area (Å²) in [4.78, 5) is 0. The molecule has 0 spiro atoms. The number of nitrogens with one attached hydrogen (secondary N) is 1. The number of unbranched alkanes of at least 4 members (excludes halogenated alkanes) is 13. The summed E-state index contributed by atoms with van der Waals surface area (Å²) in [6.45, 7) is 3.33. The van der Waals surface area contributed by atoms with Gasteiger partial charge in [0.25, 0.3) is 5.88 Å². The quantitative estimate of drug-likeness (QED) is 0.0910. The SMILES string of the molecule is CCCCCCCCCCCCCCCCSCC(CNS(=O)(=O)CCC[N+](C)(C)C)Oc1ccon1.[I-]. The topological polar surface area (TPSA) is 81.4 Å². The van der Waals surface area contributed by atoms with Gasteiger partial charge in [-0.05, 0) is 17.3 Å². The Morgan fingerprint density at radius 2 is 1.47 bits per heavy atom. The third-order valence-electron chi connectivity index (χ3n) is 6.42. The third-order valence-corrected chi connectivity index (χ3v) is 9.04. The molecule has 1 aromatic heterocycles.